The molecule has 0 aliphatic rings. The highest BCUT2D eigenvalue weighted by atomic mass is 16.5. The topological polar surface area (TPSA) is 60.4 Å². The van der Waals surface area contributed by atoms with E-state index in [4.69, 9.17) is 15.0 Å². The van der Waals surface area contributed by atoms with E-state index in [1.807, 2.05) is 31.2 Å². The van der Waals surface area contributed by atoms with Gasteiger partial charge in [-0.05, 0) is 36.2 Å². The molecule has 0 radical (unpaired) electrons. The maximum absolute atomic E-state index is 5.61. The zero-order chi connectivity index (χ0) is 12.3. The van der Waals surface area contributed by atoms with E-state index in [2.05, 4.69) is 5.43 Å². The zero-order valence-electron chi connectivity index (χ0n) is 9.94. The lowest BCUT2D eigenvalue weighted by atomic mass is 9.97. The van der Waals surface area contributed by atoms with Crippen LogP contribution >= 0.6 is 0 Å². The van der Waals surface area contributed by atoms with E-state index < -0.39 is 0 Å². The van der Waals surface area contributed by atoms with Crippen LogP contribution in [-0.2, 0) is 0 Å². The molecule has 0 bridgehead atoms. The van der Waals surface area contributed by atoms with Gasteiger partial charge in [0, 0.05) is 5.56 Å². The second-order valence-corrected chi connectivity index (χ2v) is 3.88. The predicted molar refractivity (Wildman–Crippen MR) is 65.6 cm³/mol. The summed E-state index contributed by atoms with van der Waals surface area (Å²) in [5.41, 5.74) is 6.02. The van der Waals surface area contributed by atoms with Gasteiger partial charge in [-0.1, -0.05) is 6.07 Å². The number of hydrazine groups is 1. The van der Waals surface area contributed by atoms with E-state index in [9.17, 15) is 0 Å². The Balaban J connectivity index is 2.38. The van der Waals surface area contributed by atoms with Crippen LogP contribution in [-0.4, -0.2) is 7.11 Å². The van der Waals surface area contributed by atoms with Gasteiger partial charge in [-0.15, -0.1) is 0 Å². The number of methoxy groups -OCH3 is 1. The summed E-state index contributed by atoms with van der Waals surface area (Å²) >= 11 is 0. The number of nitrogens with two attached hydrogens (primary N) is 1. The molecule has 1 atom stereocenters. The van der Waals surface area contributed by atoms with Crippen LogP contribution in [0.15, 0.2) is 41.2 Å². The minimum absolute atomic E-state index is 0.0698. The summed E-state index contributed by atoms with van der Waals surface area (Å²) in [4.78, 5) is 0. The Hall–Kier alpha value is -1.78. The Morgan fingerprint density at radius 1 is 1.35 bits per heavy atom. The summed E-state index contributed by atoms with van der Waals surface area (Å²) in [5, 5.41) is 0. The van der Waals surface area contributed by atoms with Crippen molar-refractivity contribution in [1.82, 2.24) is 5.43 Å². The summed E-state index contributed by atoms with van der Waals surface area (Å²) < 4.78 is 10.3. The van der Waals surface area contributed by atoms with Gasteiger partial charge in [0.15, 0.2) is 0 Å². The van der Waals surface area contributed by atoms with Crippen LogP contribution in [0.4, 0.5) is 0 Å². The number of ether oxygens (including phenoxy) is 1. The molecule has 17 heavy (non-hydrogen) atoms. The third-order valence-electron chi connectivity index (χ3n) is 2.83. The first-order valence-electron chi connectivity index (χ1n) is 5.39. The average molecular weight is 232 g/mol. The fourth-order valence-electron chi connectivity index (χ4n) is 1.90. The molecule has 0 amide bonds. The van der Waals surface area contributed by atoms with Crippen LogP contribution in [0.1, 0.15) is 22.7 Å². The molecule has 0 saturated carbocycles. The molecule has 1 unspecified atom stereocenters. The molecule has 1 heterocycles. The van der Waals surface area contributed by atoms with Gasteiger partial charge in [0.25, 0.3) is 0 Å². The molecule has 3 N–H and O–H groups in total. The van der Waals surface area contributed by atoms with Gasteiger partial charge >= 0.3 is 0 Å². The van der Waals surface area contributed by atoms with Crippen molar-refractivity contribution in [3.05, 3.63) is 53.5 Å². The molecule has 0 aliphatic heterocycles. The number of nitrogens with one attached hydrogen (secondary N) is 1. The van der Waals surface area contributed by atoms with Gasteiger partial charge < -0.3 is 9.15 Å². The molecular weight excluding hydrogens is 216 g/mol. The highest BCUT2D eigenvalue weighted by Gasteiger charge is 2.15. The number of aryl methyl sites for hydroxylation is 1. The molecule has 2 aromatic rings. The number of hydrogen-bond donors (Lipinski definition) is 2. The third kappa shape index (κ3) is 2.33. The predicted octanol–water partition coefficient (Wildman–Crippen LogP) is 2.15. The van der Waals surface area contributed by atoms with Gasteiger partial charge in [-0.25, -0.2) is 5.43 Å². The maximum Gasteiger partial charge on any atom is 0.119 e. The van der Waals surface area contributed by atoms with Gasteiger partial charge in [0.2, 0.25) is 0 Å². The van der Waals surface area contributed by atoms with Gasteiger partial charge in [-0.2, -0.15) is 0 Å². The van der Waals surface area contributed by atoms with Crippen LogP contribution in [0.2, 0.25) is 0 Å². The fourth-order valence-corrected chi connectivity index (χ4v) is 1.90. The minimum atomic E-state index is -0.0698. The van der Waals surface area contributed by atoms with Crippen molar-refractivity contribution in [2.24, 2.45) is 5.84 Å². The summed E-state index contributed by atoms with van der Waals surface area (Å²) in [6.45, 7) is 2.03. The van der Waals surface area contributed by atoms with E-state index in [1.54, 1.807) is 19.6 Å². The SMILES string of the molecule is COc1ccc(C(NN)c2ccoc2)c(C)c1. The van der Waals surface area contributed by atoms with Gasteiger partial charge in [0.05, 0.1) is 25.7 Å². The van der Waals surface area contributed by atoms with E-state index in [0.717, 1.165) is 22.4 Å². The van der Waals surface area contributed by atoms with Crippen molar-refractivity contribution in [3.63, 3.8) is 0 Å². The Morgan fingerprint density at radius 2 is 2.18 bits per heavy atom. The van der Waals surface area contributed by atoms with E-state index in [-0.39, 0.29) is 6.04 Å². The number of benzene rings is 1. The average Bonchev–Trinajstić information content (AvgIpc) is 2.85. The lowest BCUT2D eigenvalue weighted by Gasteiger charge is -2.17. The molecule has 0 aliphatic carbocycles. The monoisotopic (exact) mass is 232 g/mol. The fraction of sp³-hybridized carbons (Fsp3) is 0.231. The summed E-state index contributed by atoms with van der Waals surface area (Å²) in [7, 11) is 1.66. The van der Waals surface area contributed by atoms with E-state index in [0.29, 0.717) is 0 Å². The van der Waals surface area contributed by atoms with Crippen molar-refractivity contribution in [1.29, 1.82) is 0 Å². The van der Waals surface area contributed by atoms with Crippen LogP contribution in [0, 0.1) is 6.92 Å². The van der Waals surface area contributed by atoms with Crippen LogP contribution in [0.5, 0.6) is 5.75 Å². The van der Waals surface area contributed by atoms with Gasteiger partial charge in [-0.3, -0.25) is 5.84 Å². The van der Waals surface area contributed by atoms with Crippen molar-refractivity contribution in [3.8, 4) is 5.75 Å². The third-order valence-corrected chi connectivity index (χ3v) is 2.83. The first kappa shape index (κ1) is 11.7. The minimum Gasteiger partial charge on any atom is -0.497 e. The van der Waals surface area contributed by atoms with E-state index >= 15 is 0 Å². The molecule has 0 saturated heterocycles. The molecule has 2 rings (SSSR count). The lowest BCUT2D eigenvalue weighted by molar-refractivity contribution is 0.414. The Kier molecular flexibility index (Phi) is 3.46. The summed E-state index contributed by atoms with van der Waals surface area (Å²) in [6.07, 6.45) is 3.33. The Labute approximate surface area is 100 Å². The number of rotatable bonds is 4. The van der Waals surface area contributed by atoms with E-state index in [1.165, 1.54) is 0 Å². The molecule has 4 nitrogen and oxygen atoms in total. The summed E-state index contributed by atoms with van der Waals surface area (Å²) in [6, 6.07) is 7.74. The smallest absolute Gasteiger partial charge is 0.119 e. The molecule has 0 spiro atoms. The van der Waals surface area contributed by atoms with Crippen molar-refractivity contribution in [2.75, 3.05) is 7.11 Å². The van der Waals surface area contributed by atoms with Crippen LogP contribution < -0.4 is 16.0 Å². The van der Waals surface area contributed by atoms with Crippen LogP contribution in [0.3, 0.4) is 0 Å². The largest absolute Gasteiger partial charge is 0.497 e. The van der Waals surface area contributed by atoms with Gasteiger partial charge in [0.1, 0.15) is 5.75 Å². The number of hydrogen-bond acceptors (Lipinski definition) is 4. The Bertz CT molecular complexity index is 480. The molecule has 90 valence electrons. The second kappa shape index (κ2) is 5.03. The molecule has 1 aromatic heterocycles. The van der Waals surface area contributed by atoms with Crippen molar-refractivity contribution < 1.29 is 9.15 Å². The quantitative estimate of drug-likeness (QED) is 0.626. The standard InChI is InChI=1S/C13H16N2O2/c1-9-7-11(16-2)3-4-12(9)13(15-14)10-5-6-17-8-10/h3-8,13,15H,14H2,1-2H3. The maximum atomic E-state index is 5.61. The lowest BCUT2D eigenvalue weighted by Crippen LogP contribution is -2.29. The highest BCUT2D eigenvalue weighted by molar-refractivity contribution is 5.40. The summed E-state index contributed by atoms with van der Waals surface area (Å²) in [5.74, 6) is 6.45. The molecule has 0 fully saturated rings. The van der Waals surface area contributed by atoms with Crippen molar-refractivity contribution in [2.45, 2.75) is 13.0 Å². The zero-order valence-corrected chi connectivity index (χ0v) is 9.94. The van der Waals surface area contributed by atoms with Crippen LogP contribution in [0.25, 0.3) is 0 Å². The first-order chi connectivity index (χ1) is 8.26. The number of furan rings is 1. The first-order valence-corrected chi connectivity index (χ1v) is 5.39. The second-order valence-electron chi connectivity index (χ2n) is 3.88. The molecular formula is C13H16N2O2. The molecule has 1 aromatic carbocycles. The van der Waals surface area contributed by atoms with Crippen molar-refractivity contribution >= 4 is 0 Å². The molecule has 4 heteroatoms. The Morgan fingerprint density at radius 3 is 2.71 bits per heavy atom. The highest BCUT2D eigenvalue weighted by Crippen LogP contribution is 2.27. The normalized spacial score (nSPS) is 12.4.